The topological polar surface area (TPSA) is 52.8 Å². The summed E-state index contributed by atoms with van der Waals surface area (Å²) in [6.07, 6.45) is 6.94. The number of furan rings is 1. The summed E-state index contributed by atoms with van der Waals surface area (Å²) in [5, 5.41) is 6.63. The molecule has 2 N–H and O–H groups in total. The summed E-state index contributed by atoms with van der Waals surface area (Å²) in [5.41, 5.74) is 2.50. The lowest BCUT2D eigenvalue weighted by molar-refractivity contribution is 0.507. The Bertz CT molecular complexity index is 672. The van der Waals surface area contributed by atoms with Gasteiger partial charge in [-0.05, 0) is 29.8 Å². The average Bonchev–Trinajstić information content (AvgIpc) is 3.32. The van der Waals surface area contributed by atoms with E-state index in [0.717, 1.165) is 44.3 Å². The quantitative estimate of drug-likeness (QED) is 0.306. The smallest absolute Gasteiger partial charge is 0.191 e. The van der Waals surface area contributed by atoms with Crippen molar-refractivity contribution in [3.05, 3.63) is 66.1 Å². The van der Waals surface area contributed by atoms with Crippen LogP contribution in [0.5, 0.6) is 0 Å². The van der Waals surface area contributed by atoms with E-state index in [1.54, 1.807) is 13.3 Å². The highest BCUT2D eigenvalue weighted by molar-refractivity contribution is 14.0. The van der Waals surface area contributed by atoms with E-state index in [0.29, 0.717) is 0 Å². The molecule has 0 radical (unpaired) electrons. The van der Waals surface area contributed by atoms with Gasteiger partial charge in [0.25, 0.3) is 0 Å². The van der Waals surface area contributed by atoms with Crippen molar-refractivity contribution in [3.8, 4) is 0 Å². The lowest BCUT2D eigenvalue weighted by Gasteiger charge is -2.18. The molecule has 1 aliphatic heterocycles. The zero-order chi connectivity index (χ0) is 16.6. The van der Waals surface area contributed by atoms with Crippen molar-refractivity contribution in [2.45, 2.75) is 13.0 Å². The number of hydrogen-bond donors (Lipinski definition) is 2. The van der Waals surface area contributed by atoms with Crippen LogP contribution < -0.4 is 15.5 Å². The lowest BCUT2D eigenvalue weighted by Crippen LogP contribution is -2.37. The molecule has 0 saturated heterocycles. The maximum Gasteiger partial charge on any atom is 0.191 e. The molecule has 25 heavy (non-hydrogen) atoms. The molecule has 1 aromatic heterocycles. The predicted molar refractivity (Wildman–Crippen MR) is 114 cm³/mol. The number of anilines is 1. The first-order chi connectivity index (χ1) is 11.8. The van der Waals surface area contributed by atoms with Crippen LogP contribution >= 0.6 is 24.0 Å². The largest absolute Gasteiger partial charge is 0.469 e. The number of benzene rings is 1. The minimum absolute atomic E-state index is 0. The highest BCUT2D eigenvalue weighted by atomic mass is 127. The summed E-state index contributed by atoms with van der Waals surface area (Å²) in [4.78, 5) is 6.59. The minimum Gasteiger partial charge on any atom is -0.469 e. The van der Waals surface area contributed by atoms with E-state index in [2.05, 4.69) is 56.9 Å². The van der Waals surface area contributed by atoms with Gasteiger partial charge in [0.05, 0.1) is 6.26 Å². The highest BCUT2D eigenvalue weighted by Gasteiger charge is 2.07. The lowest BCUT2D eigenvalue weighted by atomic mass is 10.2. The molecule has 2 aromatic rings. The first kappa shape index (κ1) is 19.4. The van der Waals surface area contributed by atoms with Crippen molar-refractivity contribution in [2.75, 3.05) is 31.6 Å². The Balaban J connectivity index is 0.00000225. The normalized spacial score (nSPS) is 13.6. The number of nitrogens with zero attached hydrogens (tertiary/aromatic N) is 2. The maximum absolute atomic E-state index is 5.32. The van der Waals surface area contributed by atoms with Crippen LogP contribution in [0.4, 0.5) is 5.69 Å². The second-order valence-electron chi connectivity index (χ2n) is 5.72. The van der Waals surface area contributed by atoms with Crippen LogP contribution in [-0.4, -0.2) is 32.6 Å². The van der Waals surface area contributed by atoms with E-state index in [4.69, 9.17) is 4.42 Å². The third kappa shape index (κ3) is 5.81. The van der Waals surface area contributed by atoms with Crippen LogP contribution in [0.25, 0.3) is 0 Å². The highest BCUT2D eigenvalue weighted by Crippen LogP contribution is 2.17. The molecule has 0 saturated carbocycles. The average molecular weight is 452 g/mol. The number of hydrogen-bond acceptors (Lipinski definition) is 3. The summed E-state index contributed by atoms with van der Waals surface area (Å²) in [6, 6.07) is 12.6. The molecule has 2 heterocycles. The number of halogens is 1. The van der Waals surface area contributed by atoms with E-state index >= 15 is 0 Å². The van der Waals surface area contributed by atoms with E-state index in [-0.39, 0.29) is 24.0 Å². The van der Waals surface area contributed by atoms with Gasteiger partial charge in [-0.1, -0.05) is 24.3 Å². The van der Waals surface area contributed by atoms with Crippen LogP contribution in [-0.2, 0) is 13.0 Å². The molecule has 134 valence electrons. The van der Waals surface area contributed by atoms with E-state index in [1.807, 2.05) is 12.1 Å². The second kappa shape index (κ2) is 10.1. The number of nitrogens with one attached hydrogen (secondary N) is 2. The van der Waals surface area contributed by atoms with Gasteiger partial charge in [-0.25, -0.2) is 0 Å². The van der Waals surface area contributed by atoms with Gasteiger partial charge < -0.3 is 20.0 Å². The molecule has 0 spiro atoms. The molecule has 0 bridgehead atoms. The van der Waals surface area contributed by atoms with Crippen LogP contribution in [0.3, 0.4) is 0 Å². The zero-order valence-corrected chi connectivity index (χ0v) is 16.8. The monoisotopic (exact) mass is 452 g/mol. The molecule has 6 heteroatoms. The molecule has 0 fully saturated rings. The van der Waals surface area contributed by atoms with Gasteiger partial charge in [0.15, 0.2) is 5.96 Å². The molecule has 0 amide bonds. The van der Waals surface area contributed by atoms with Crippen molar-refractivity contribution in [2.24, 2.45) is 4.99 Å². The fraction of sp³-hybridized carbons (Fsp3) is 0.316. The molecule has 0 aliphatic carbocycles. The zero-order valence-electron chi connectivity index (χ0n) is 14.4. The Morgan fingerprint density at radius 3 is 2.52 bits per heavy atom. The van der Waals surface area contributed by atoms with Crippen molar-refractivity contribution in [1.29, 1.82) is 0 Å². The molecule has 5 nitrogen and oxygen atoms in total. The summed E-state index contributed by atoms with van der Waals surface area (Å²) >= 11 is 0. The fourth-order valence-corrected chi connectivity index (χ4v) is 2.68. The number of guanidine groups is 1. The van der Waals surface area contributed by atoms with Crippen LogP contribution in [0.15, 0.2) is 64.2 Å². The van der Waals surface area contributed by atoms with Gasteiger partial charge in [0.2, 0.25) is 0 Å². The summed E-state index contributed by atoms with van der Waals surface area (Å²) in [6.45, 7) is 3.54. The molecular formula is C19H25IN4O. The Kier molecular flexibility index (Phi) is 7.84. The van der Waals surface area contributed by atoms with Gasteiger partial charge in [0, 0.05) is 45.3 Å². The minimum atomic E-state index is 0. The Morgan fingerprint density at radius 1 is 1.12 bits per heavy atom. The van der Waals surface area contributed by atoms with E-state index in [9.17, 15) is 0 Å². The Hall–Kier alpha value is -1.96. The molecule has 0 unspecified atom stereocenters. The molecule has 1 aromatic carbocycles. The standard InChI is InChI=1S/C19H24N4O.HI/c1-20-19(21-11-10-18-5-4-14-24-18)22-15-16-6-8-17(9-7-16)23-12-2-3-13-23;/h2-9,14H,10-13,15H2,1H3,(H2,20,21,22);1H. The second-order valence-corrected chi connectivity index (χ2v) is 5.72. The fourth-order valence-electron chi connectivity index (χ4n) is 2.68. The van der Waals surface area contributed by atoms with Crippen LogP contribution in [0.1, 0.15) is 11.3 Å². The van der Waals surface area contributed by atoms with E-state index < -0.39 is 0 Å². The van der Waals surface area contributed by atoms with Crippen LogP contribution in [0, 0.1) is 0 Å². The Labute approximate surface area is 166 Å². The Morgan fingerprint density at radius 2 is 1.88 bits per heavy atom. The molecular weight excluding hydrogens is 427 g/mol. The first-order valence-electron chi connectivity index (χ1n) is 8.31. The van der Waals surface area contributed by atoms with Gasteiger partial charge in [-0.3, -0.25) is 4.99 Å². The molecule has 3 rings (SSSR count). The van der Waals surface area contributed by atoms with Gasteiger partial charge in [-0.2, -0.15) is 0 Å². The van der Waals surface area contributed by atoms with Crippen molar-refractivity contribution >= 4 is 35.6 Å². The number of rotatable bonds is 6. The first-order valence-corrected chi connectivity index (χ1v) is 8.31. The maximum atomic E-state index is 5.32. The third-order valence-corrected chi connectivity index (χ3v) is 4.05. The number of aliphatic imine (C=N–C) groups is 1. The third-order valence-electron chi connectivity index (χ3n) is 4.05. The summed E-state index contributed by atoms with van der Waals surface area (Å²) in [5.74, 6) is 1.78. The predicted octanol–water partition coefficient (Wildman–Crippen LogP) is 3.18. The SMILES string of the molecule is CN=C(NCCc1ccco1)NCc1ccc(N2CC=CC2)cc1.I. The summed E-state index contributed by atoms with van der Waals surface area (Å²) in [7, 11) is 1.78. The van der Waals surface area contributed by atoms with Crippen molar-refractivity contribution < 1.29 is 4.42 Å². The molecule has 1 aliphatic rings. The van der Waals surface area contributed by atoms with Crippen LogP contribution in [0.2, 0.25) is 0 Å². The van der Waals surface area contributed by atoms with Gasteiger partial charge in [0.1, 0.15) is 5.76 Å². The summed E-state index contributed by atoms with van der Waals surface area (Å²) < 4.78 is 5.32. The van der Waals surface area contributed by atoms with E-state index in [1.165, 1.54) is 11.3 Å². The van der Waals surface area contributed by atoms with Crippen molar-refractivity contribution in [3.63, 3.8) is 0 Å². The van der Waals surface area contributed by atoms with Gasteiger partial charge >= 0.3 is 0 Å². The van der Waals surface area contributed by atoms with Crippen molar-refractivity contribution in [1.82, 2.24) is 10.6 Å². The van der Waals surface area contributed by atoms with Gasteiger partial charge in [-0.15, -0.1) is 24.0 Å². The molecule has 0 atom stereocenters.